The van der Waals surface area contributed by atoms with E-state index in [9.17, 15) is 9.59 Å². The third-order valence-electron chi connectivity index (χ3n) is 4.99. The van der Waals surface area contributed by atoms with Gasteiger partial charge in [-0.3, -0.25) is 14.5 Å². The van der Waals surface area contributed by atoms with E-state index in [0.717, 1.165) is 23.4 Å². The van der Waals surface area contributed by atoms with E-state index in [2.05, 4.69) is 23.2 Å². The number of carbonyl (C=O) groups excluding carboxylic acids is 2. The third-order valence-corrected chi connectivity index (χ3v) is 4.99. The molecule has 0 spiro atoms. The van der Waals surface area contributed by atoms with Crippen molar-refractivity contribution in [1.29, 1.82) is 0 Å². The lowest BCUT2D eigenvalue weighted by atomic mass is 10.0. The van der Waals surface area contributed by atoms with E-state index in [0.29, 0.717) is 11.1 Å². The van der Waals surface area contributed by atoms with Gasteiger partial charge >= 0.3 is 0 Å². The molecule has 0 saturated carbocycles. The third kappa shape index (κ3) is 5.30. The molecule has 0 radical (unpaired) electrons. The highest BCUT2D eigenvalue weighted by molar-refractivity contribution is 6.04. The Bertz CT molecular complexity index is 985. The molecular formula is C24H25N3O2. The van der Waals surface area contributed by atoms with E-state index in [1.165, 1.54) is 0 Å². The van der Waals surface area contributed by atoms with Crippen molar-refractivity contribution in [3.63, 3.8) is 0 Å². The fourth-order valence-corrected chi connectivity index (χ4v) is 3.12. The number of nitrogens with one attached hydrogen (secondary N) is 1. The molecule has 0 aliphatic carbocycles. The summed E-state index contributed by atoms with van der Waals surface area (Å²) in [6, 6.07) is 24.5. The van der Waals surface area contributed by atoms with E-state index in [-0.39, 0.29) is 11.9 Å². The molecule has 3 rings (SSSR count). The zero-order valence-electron chi connectivity index (χ0n) is 16.6. The van der Waals surface area contributed by atoms with Gasteiger partial charge in [-0.05, 0) is 61.5 Å². The zero-order chi connectivity index (χ0) is 20.8. The predicted molar refractivity (Wildman–Crippen MR) is 116 cm³/mol. The molecule has 3 aromatic rings. The van der Waals surface area contributed by atoms with Crippen LogP contribution in [0, 0.1) is 0 Å². The van der Waals surface area contributed by atoms with Gasteiger partial charge in [-0.2, -0.15) is 0 Å². The van der Waals surface area contributed by atoms with Gasteiger partial charge in [0.25, 0.3) is 5.91 Å². The van der Waals surface area contributed by atoms with E-state index in [1.807, 2.05) is 55.6 Å². The van der Waals surface area contributed by atoms with Crippen molar-refractivity contribution in [2.45, 2.75) is 19.5 Å². The first-order chi connectivity index (χ1) is 13.9. The number of amides is 2. The van der Waals surface area contributed by atoms with E-state index in [1.54, 1.807) is 24.3 Å². The van der Waals surface area contributed by atoms with Crippen LogP contribution >= 0.6 is 0 Å². The summed E-state index contributed by atoms with van der Waals surface area (Å²) in [5.74, 6) is -0.550. The van der Waals surface area contributed by atoms with Crippen molar-refractivity contribution >= 4 is 17.5 Å². The lowest BCUT2D eigenvalue weighted by molar-refractivity contribution is 0.0997. The van der Waals surface area contributed by atoms with Gasteiger partial charge in [0.15, 0.2) is 0 Å². The number of benzene rings is 3. The summed E-state index contributed by atoms with van der Waals surface area (Å²) in [6.07, 6.45) is 0. The molecule has 0 saturated heterocycles. The van der Waals surface area contributed by atoms with Crippen LogP contribution in [0.5, 0.6) is 0 Å². The normalized spacial score (nSPS) is 11.8. The average Bonchev–Trinajstić information content (AvgIpc) is 2.74. The first-order valence-corrected chi connectivity index (χ1v) is 9.49. The Kier molecular flexibility index (Phi) is 6.42. The van der Waals surface area contributed by atoms with Crippen LogP contribution in [-0.2, 0) is 6.54 Å². The molecule has 0 bridgehead atoms. The van der Waals surface area contributed by atoms with Gasteiger partial charge in [0, 0.05) is 29.4 Å². The largest absolute Gasteiger partial charge is 0.366 e. The standard InChI is InChI=1S/C24H25N3O2/c1-17(27(2)16-18-11-13-19(14-12-18)23(25)28)21-9-6-10-22(15-21)26-24(29)20-7-4-3-5-8-20/h3-15,17H,16H2,1-2H3,(H2,25,28)(H,26,29). The van der Waals surface area contributed by atoms with Gasteiger partial charge in [0.1, 0.15) is 0 Å². The summed E-state index contributed by atoms with van der Waals surface area (Å²) < 4.78 is 0. The first-order valence-electron chi connectivity index (χ1n) is 9.49. The molecule has 0 aliphatic rings. The Labute approximate surface area is 171 Å². The number of hydrogen-bond acceptors (Lipinski definition) is 3. The van der Waals surface area contributed by atoms with Crippen LogP contribution < -0.4 is 11.1 Å². The van der Waals surface area contributed by atoms with Crippen molar-refractivity contribution in [3.05, 3.63) is 101 Å². The second-order valence-corrected chi connectivity index (χ2v) is 7.10. The zero-order valence-corrected chi connectivity index (χ0v) is 16.6. The highest BCUT2D eigenvalue weighted by atomic mass is 16.2. The van der Waals surface area contributed by atoms with Crippen molar-refractivity contribution in [2.24, 2.45) is 5.73 Å². The first kappa shape index (κ1) is 20.3. The molecule has 0 aliphatic heterocycles. The number of nitrogens with two attached hydrogens (primary N) is 1. The number of carbonyl (C=O) groups is 2. The highest BCUT2D eigenvalue weighted by Crippen LogP contribution is 2.24. The summed E-state index contributed by atoms with van der Waals surface area (Å²) in [5, 5.41) is 2.96. The molecular weight excluding hydrogens is 362 g/mol. The molecule has 5 nitrogen and oxygen atoms in total. The average molecular weight is 387 g/mol. The van der Waals surface area contributed by atoms with Crippen molar-refractivity contribution in [1.82, 2.24) is 4.90 Å². The number of anilines is 1. The number of primary amides is 1. The van der Waals surface area contributed by atoms with E-state index < -0.39 is 5.91 Å². The van der Waals surface area contributed by atoms with Crippen LogP contribution in [-0.4, -0.2) is 23.8 Å². The number of nitrogens with zero attached hydrogens (tertiary/aromatic N) is 1. The Balaban J connectivity index is 1.67. The van der Waals surface area contributed by atoms with E-state index >= 15 is 0 Å². The van der Waals surface area contributed by atoms with Gasteiger partial charge in [0.2, 0.25) is 5.91 Å². The maximum absolute atomic E-state index is 12.4. The van der Waals surface area contributed by atoms with Crippen LogP contribution in [0.25, 0.3) is 0 Å². The van der Waals surface area contributed by atoms with Gasteiger partial charge in [0.05, 0.1) is 0 Å². The van der Waals surface area contributed by atoms with Crippen LogP contribution in [0.15, 0.2) is 78.9 Å². The highest BCUT2D eigenvalue weighted by Gasteiger charge is 2.14. The summed E-state index contributed by atoms with van der Waals surface area (Å²) in [7, 11) is 2.04. The monoisotopic (exact) mass is 387 g/mol. The van der Waals surface area contributed by atoms with E-state index in [4.69, 9.17) is 5.73 Å². The molecule has 29 heavy (non-hydrogen) atoms. The van der Waals surface area contributed by atoms with Gasteiger partial charge < -0.3 is 11.1 Å². The fourth-order valence-electron chi connectivity index (χ4n) is 3.12. The minimum Gasteiger partial charge on any atom is -0.366 e. The minimum absolute atomic E-state index is 0.127. The Hall–Kier alpha value is -3.44. The topological polar surface area (TPSA) is 75.4 Å². The van der Waals surface area contributed by atoms with Crippen molar-refractivity contribution in [3.8, 4) is 0 Å². The quantitative estimate of drug-likeness (QED) is 0.637. The SMILES string of the molecule is CC(c1cccc(NC(=O)c2ccccc2)c1)N(C)Cc1ccc(C(N)=O)cc1. The maximum Gasteiger partial charge on any atom is 0.255 e. The van der Waals surface area contributed by atoms with Crippen molar-refractivity contribution in [2.75, 3.05) is 12.4 Å². The van der Waals surface area contributed by atoms with Crippen molar-refractivity contribution < 1.29 is 9.59 Å². The summed E-state index contributed by atoms with van der Waals surface area (Å²) >= 11 is 0. The van der Waals surface area contributed by atoms with Crippen LogP contribution in [0.2, 0.25) is 0 Å². The molecule has 3 aromatic carbocycles. The van der Waals surface area contributed by atoms with Gasteiger partial charge in [-0.25, -0.2) is 0 Å². The lowest BCUT2D eigenvalue weighted by Gasteiger charge is -2.25. The summed E-state index contributed by atoms with van der Waals surface area (Å²) in [4.78, 5) is 25.8. The molecule has 0 fully saturated rings. The van der Waals surface area contributed by atoms with Gasteiger partial charge in [-0.15, -0.1) is 0 Å². The Morgan fingerprint density at radius 2 is 1.62 bits per heavy atom. The smallest absolute Gasteiger partial charge is 0.255 e. The second kappa shape index (κ2) is 9.17. The molecule has 3 N–H and O–H groups in total. The second-order valence-electron chi connectivity index (χ2n) is 7.10. The fraction of sp³-hybridized carbons (Fsp3) is 0.167. The molecule has 148 valence electrons. The lowest BCUT2D eigenvalue weighted by Crippen LogP contribution is -2.22. The van der Waals surface area contributed by atoms with Crippen LogP contribution in [0.4, 0.5) is 5.69 Å². The Morgan fingerprint density at radius 3 is 2.28 bits per heavy atom. The molecule has 1 unspecified atom stereocenters. The Morgan fingerprint density at radius 1 is 0.931 bits per heavy atom. The molecule has 2 amide bonds. The predicted octanol–water partition coefficient (Wildman–Crippen LogP) is 4.23. The van der Waals surface area contributed by atoms with Crippen LogP contribution in [0.1, 0.15) is 44.8 Å². The minimum atomic E-state index is -0.423. The molecule has 5 heteroatoms. The number of rotatable bonds is 7. The number of hydrogen-bond donors (Lipinski definition) is 2. The summed E-state index contributed by atoms with van der Waals surface area (Å²) in [5.41, 5.74) is 9.39. The van der Waals surface area contributed by atoms with Crippen LogP contribution in [0.3, 0.4) is 0 Å². The maximum atomic E-state index is 12.4. The molecule has 0 heterocycles. The molecule has 0 aromatic heterocycles. The summed E-state index contributed by atoms with van der Waals surface area (Å²) in [6.45, 7) is 2.84. The molecule has 1 atom stereocenters. The van der Waals surface area contributed by atoms with Gasteiger partial charge in [-0.1, -0.05) is 42.5 Å².